The summed E-state index contributed by atoms with van der Waals surface area (Å²) in [6, 6.07) is 13.0. The SMILES string of the molecule is COc1ccccc1Nc1ccc(C(=O)N2CCN(c3ncccn3)CC2)cn1. The standard InChI is InChI=1S/C21H22N6O2/c1-29-18-6-3-2-5-17(18)25-19-8-7-16(15-24-19)20(28)26-11-13-27(14-12-26)21-22-9-4-10-23-21/h2-10,15H,11-14H2,1H3,(H,24,25). The summed E-state index contributed by atoms with van der Waals surface area (Å²) in [5.74, 6) is 2.06. The topological polar surface area (TPSA) is 83.5 Å². The number of hydrogen-bond acceptors (Lipinski definition) is 7. The lowest BCUT2D eigenvalue weighted by Gasteiger charge is -2.34. The van der Waals surface area contributed by atoms with Gasteiger partial charge in [0.05, 0.1) is 18.4 Å². The maximum atomic E-state index is 12.8. The van der Waals surface area contributed by atoms with Gasteiger partial charge in [0.1, 0.15) is 11.6 Å². The number of ether oxygens (including phenoxy) is 1. The van der Waals surface area contributed by atoms with E-state index in [0.29, 0.717) is 43.5 Å². The molecule has 0 bridgehead atoms. The zero-order valence-corrected chi connectivity index (χ0v) is 16.2. The van der Waals surface area contributed by atoms with Crippen LogP contribution in [0.4, 0.5) is 17.5 Å². The van der Waals surface area contributed by atoms with Crippen molar-refractivity contribution in [2.75, 3.05) is 43.5 Å². The van der Waals surface area contributed by atoms with E-state index in [-0.39, 0.29) is 5.91 Å². The molecule has 4 rings (SSSR count). The number of nitrogens with zero attached hydrogens (tertiary/aromatic N) is 5. The summed E-state index contributed by atoms with van der Waals surface area (Å²) in [6.45, 7) is 2.66. The van der Waals surface area contributed by atoms with Crippen LogP contribution in [0.15, 0.2) is 61.1 Å². The number of carbonyl (C=O) groups excluding carboxylic acids is 1. The summed E-state index contributed by atoms with van der Waals surface area (Å²) in [7, 11) is 1.62. The van der Waals surface area contributed by atoms with Gasteiger partial charge in [-0.05, 0) is 30.3 Å². The van der Waals surface area contributed by atoms with Crippen LogP contribution in [0.3, 0.4) is 0 Å². The van der Waals surface area contributed by atoms with Crippen LogP contribution >= 0.6 is 0 Å². The van der Waals surface area contributed by atoms with Crippen LogP contribution in [0.2, 0.25) is 0 Å². The van der Waals surface area contributed by atoms with E-state index in [9.17, 15) is 4.79 Å². The van der Waals surface area contributed by atoms with Crippen molar-refractivity contribution >= 4 is 23.4 Å². The molecule has 0 unspecified atom stereocenters. The maximum absolute atomic E-state index is 12.8. The van der Waals surface area contributed by atoms with Gasteiger partial charge in [0, 0.05) is 44.8 Å². The predicted octanol–water partition coefficient (Wildman–Crippen LogP) is 2.59. The lowest BCUT2D eigenvalue weighted by atomic mass is 10.2. The Morgan fingerprint density at radius 1 is 0.966 bits per heavy atom. The summed E-state index contributed by atoms with van der Waals surface area (Å²) < 4.78 is 5.34. The Hall–Kier alpha value is -3.68. The number of para-hydroxylation sites is 2. The van der Waals surface area contributed by atoms with Gasteiger partial charge in [-0.15, -0.1) is 0 Å². The number of nitrogens with one attached hydrogen (secondary N) is 1. The van der Waals surface area contributed by atoms with Gasteiger partial charge >= 0.3 is 0 Å². The zero-order valence-electron chi connectivity index (χ0n) is 16.2. The molecule has 8 nitrogen and oxygen atoms in total. The van der Waals surface area contributed by atoms with Crippen molar-refractivity contribution in [3.05, 3.63) is 66.6 Å². The number of benzene rings is 1. The second-order valence-corrected chi connectivity index (χ2v) is 6.59. The van der Waals surface area contributed by atoms with Crippen LogP contribution in [-0.4, -0.2) is 59.0 Å². The molecule has 3 aromatic rings. The van der Waals surface area contributed by atoms with Crippen LogP contribution < -0.4 is 15.0 Å². The third-order valence-electron chi connectivity index (χ3n) is 4.78. The highest BCUT2D eigenvalue weighted by Gasteiger charge is 2.23. The highest BCUT2D eigenvalue weighted by Crippen LogP contribution is 2.26. The maximum Gasteiger partial charge on any atom is 0.255 e. The van der Waals surface area contributed by atoms with Crippen molar-refractivity contribution in [2.24, 2.45) is 0 Å². The van der Waals surface area contributed by atoms with E-state index in [4.69, 9.17) is 4.74 Å². The van der Waals surface area contributed by atoms with E-state index in [0.717, 1.165) is 11.4 Å². The fourth-order valence-electron chi connectivity index (χ4n) is 3.23. The molecule has 3 heterocycles. The number of rotatable bonds is 5. The fraction of sp³-hybridized carbons (Fsp3) is 0.238. The minimum atomic E-state index is -0.0185. The Bertz CT molecular complexity index is 956. The molecule has 0 spiro atoms. The van der Waals surface area contributed by atoms with Crippen LogP contribution in [0.25, 0.3) is 0 Å². The van der Waals surface area contributed by atoms with E-state index in [1.807, 2.05) is 29.2 Å². The summed E-state index contributed by atoms with van der Waals surface area (Å²) in [4.78, 5) is 29.7. The monoisotopic (exact) mass is 390 g/mol. The molecule has 8 heteroatoms. The normalized spacial score (nSPS) is 13.8. The summed E-state index contributed by atoms with van der Waals surface area (Å²) in [5.41, 5.74) is 1.39. The summed E-state index contributed by atoms with van der Waals surface area (Å²) in [6.07, 6.45) is 5.06. The quantitative estimate of drug-likeness (QED) is 0.717. The molecule has 0 aliphatic carbocycles. The third-order valence-corrected chi connectivity index (χ3v) is 4.78. The second-order valence-electron chi connectivity index (χ2n) is 6.59. The zero-order chi connectivity index (χ0) is 20.1. The number of anilines is 3. The smallest absolute Gasteiger partial charge is 0.255 e. The van der Waals surface area contributed by atoms with Gasteiger partial charge in [-0.1, -0.05) is 12.1 Å². The predicted molar refractivity (Wildman–Crippen MR) is 111 cm³/mol. The number of methoxy groups -OCH3 is 1. The van der Waals surface area contributed by atoms with Crippen molar-refractivity contribution in [1.82, 2.24) is 19.9 Å². The highest BCUT2D eigenvalue weighted by atomic mass is 16.5. The molecule has 1 N–H and O–H groups in total. The molecule has 1 amide bonds. The molecular formula is C21H22N6O2. The Morgan fingerprint density at radius 2 is 1.72 bits per heavy atom. The minimum absolute atomic E-state index is 0.0185. The molecule has 148 valence electrons. The second kappa shape index (κ2) is 8.55. The molecule has 2 aromatic heterocycles. The molecule has 1 saturated heterocycles. The van der Waals surface area contributed by atoms with Crippen molar-refractivity contribution < 1.29 is 9.53 Å². The van der Waals surface area contributed by atoms with E-state index in [2.05, 4.69) is 25.2 Å². The summed E-state index contributed by atoms with van der Waals surface area (Å²) >= 11 is 0. The lowest BCUT2D eigenvalue weighted by molar-refractivity contribution is 0.0746. The molecular weight excluding hydrogens is 368 g/mol. The number of amides is 1. The van der Waals surface area contributed by atoms with Gasteiger partial charge in [0.25, 0.3) is 5.91 Å². The van der Waals surface area contributed by atoms with Gasteiger partial charge in [0.2, 0.25) is 5.95 Å². The first-order valence-corrected chi connectivity index (χ1v) is 9.42. The number of hydrogen-bond donors (Lipinski definition) is 1. The Labute approximate surface area is 169 Å². The Morgan fingerprint density at radius 3 is 2.41 bits per heavy atom. The van der Waals surface area contributed by atoms with Crippen molar-refractivity contribution in [3.8, 4) is 5.75 Å². The molecule has 1 aliphatic rings. The summed E-state index contributed by atoms with van der Waals surface area (Å²) in [5, 5.41) is 3.21. The van der Waals surface area contributed by atoms with Crippen molar-refractivity contribution in [2.45, 2.75) is 0 Å². The number of piperazine rings is 1. The largest absolute Gasteiger partial charge is 0.495 e. The van der Waals surface area contributed by atoms with Gasteiger partial charge in [-0.3, -0.25) is 4.79 Å². The molecule has 29 heavy (non-hydrogen) atoms. The first kappa shape index (κ1) is 18.7. The molecule has 0 radical (unpaired) electrons. The van der Waals surface area contributed by atoms with Gasteiger partial charge in [-0.25, -0.2) is 15.0 Å². The van der Waals surface area contributed by atoms with Crippen molar-refractivity contribution in [3.63, 3.8) is 0 Å². The van der Waals surface area contributed by atoms with Gasteiger partial charge in [0.15, 0.2) is 0 Å². The fourth-order valence-corrected chi connectivity index (χ4v) is 3.23. The first-order chi connectivity index (χ1) is 14.2. The van der Waals surface area contributed by atoms with E-state index >= 15 is 0 Å². The number of pyridine rings is 1. The van der Waals surface area contributed by atoms with Crippen LogP contribution in [0, 0.1) is 0 Å². The van der Waals surface area contributed by atoms with Crippen LogP contribution in [0.5, 0.6) is 5.75 Å². The van der Waals surface area contributed by atoms with Crippen LogP contribution in [0.1, 0.15) is 10.4 Å². The average molecular weight is 390 g/mol. The van der Waals surface area contributed by atoms with E-state index < -0.39 is 0 Å². The Kier molecular flexibility index (Phi) is 5.51. The first-order valence-electron chi connectivity index (χ1n) is 9.42. The molecule has 0 atom stereocenters. The molecule has 1 aromatic carbocycles. The van der Waals surface area contributed by atoms with E-state index in [1.165, 1.54) is 0 Å². The number of aromatic nitrogens is 3. The highest BCUT2D eigenvalue weighted by molar-refractivity contribution is 5.94. The third kappa shape index (κ3) is 4.26. The minimum Gasteiger partial charge on any atom is -0.495 e. The molecule has 1 aliphatic heterocycles. The van der Waals surface area contributed by atoms with Crippen molar-refractivity contribution in [1.29, 1.82) is 0 Å². The number of carbonyl (C=O) groups is 1. The molecule has 0 saturated carbocycles. The van der Waals surface area contributed by atoms with Gasteiger partial charge < -0.3 is 19.9 Å². The van der Waals surface area contributed by atoms with E-state index in [1.54, 1.807) is 43.9 Å². The van der Waals surface area contributed by atoms with Gasteiger partial charge in [-0.2, -0.15) is 0 Å². The lowest BCUT2D eigenvalue weighted by Crippen LogP contribution is -2.49. The average Bonchev–Trinajstić information content (AvgIpc) is 2.80. The van der Waals surface area contributed by atoms with Crippen LogP contribution in [-0.2, 0) is 0 Å². The molecule has 1 fully saturated rings. The Balaban J connectivity index is 1.37.